The van der Waals surface area contributed by atoms with E-state index in [0.717, 1.165) is 36.8 Å². The second-order valence-electron chi connectivity index (χ2n) is 8.28. The van der Waals surface area contributed by atoms with Crippen LogP contribution in [0.4, 0.5) is 0 Å². The van der Waals surface area contributed by atoms with Crippen LogP contribution in [0, 0.1) is 11.8 Å². The second-order valence-corrected chi connectivity index (χ2v) is 8.28. The lowest BCUT2D eigenvalue weighted by molar-refractivity contribution is -0.146. The molecule has 3 aliphatic heterocycles. The Bertz CT molecular complexity index is 855. The van der Waals surface area contributed by atoms with Crippen molar-refractivity contribution in [1.29, 1.82) is 0 Å². The Morgan fingerprint density at radius 1 is 1.00 bits per heavy atom. The molecule has 27 heavy (non-hydrogen) atoms. The van der Waals surface area contributed by atoms with Crippen LogP contribution in [0.15, 0.2) is 30.5 Å². The van der Waals surface area contributed by atoms with E-state index in [1.54, 1.807) is 11.8 Å². The fourth-order valence-corrected chi connectivity index (χ4v) is 5.74. The number of Topliss-reactive ketones (excluding diaryl/α,β-unsaturated/α-hetero) is 1. The summed E-state index contributed by atoms with van der Waals surface area (Å²) in [5.41, 5.74) is 2.11. The molecule has 0 N–H and O–H groups in total. The lowest BCUT2D eigenvalue weighted by Crippen LogP contribution is -2.47. The molecule has 0 bridgehead atoms. The van der Waals surface area contributed by atoms with E-state index in [1.165, 1.54) is 6.42 Å². The first-order chi connectivity index (χ1) is 13.1. The van der Waals surface area contributed by atoms with Gasteiger partial charge in [-0.05, 0) is 37.0 Å². The van der Waals surface area contributed by atoms with E-state index in [1.807, 2.05) is 41.4 Å². The summed E-state index contributed by atoms with van der Waals surface area (Å²) in [5, 5.41) is 0. The molecule has 5 rings (SSSR count). The second kappa shape index (κ2) is 6.04. The molecule has 5 heteroatoms. The van der Waals surface area contributed by atoms with Gasteiger partial charge in [-0.1, -0.05) is 43.5 Å². The van der Waals surface area contributed by atoms with Crippen LogP contribution in [0.5, 0.6) is 0 Å². The van der Waals surface area contributed by atoms with Crippen LogP contribution in [0.1, 0.15) is 56.2 Å². The standard InChI is InChI=1S/C22H24N2O3/c1-13(25)19-17-18(20-16-10-6-5-7-14(16)11-12-23(19)20)22(27)24(21(17)26)15-8-3-2-4-9-15/h5-7,10-12,15,17-20H,2-4,8-9H2,1H3/t17-,18-,19-,20-/m1/s1. The lowest BCUT2D eigenvalue weighted by atomic mass is 9.84. The summed E-state index contributed by atoms with van der Waals surface area (Å²) in [4.78, 5) is 42.9. The van der Waals surface area contributed by atoms with Crippen molar-refractivity contribution in [3.63, 3.8) is 0 Å². The van der Waals surface area contributed by atoms with Gasteiger partial charge in [-0.15, -0.1) is 0 Å². The van der Waals surface area contributed by atoms with Gasteiger partial charge in [0.1, 0.15) is 0 Å². The Morgan fingerprint density at radius 3 is 2.44 bits per heavy atom. The van der Waals surface area contributed by atoms with Gasteiger partial charge in [0, 0.05) is 12.2 Å². The van der Waals surface area contributed by atoms with Crippen molar-refractivity contribution in [3.8, 4) is 0 Å². The van der Waals surface area contributed by atoms with Crippen molar-refractivity contribution >= 4 is 23.7 Å². The molecule has 0 spiro atoms. The number of hydrogen-bond acceptors (Lipinski definition) is 4. The molecule has 0 radical (unpaired) electrons. The van der Waals surface area contributed by atoms with E-state index >= 15 is 0 Å². The summed E-state index contributed by atoms with van der Waals surface area (Å²) in [7, 11) is 0. The number of likely N-dealkylation sites (tertiary alicyclic amines) is 1. The number of benzene rings is 1. The molecule has 2 amide bonds. The van der Waals surface area contributed by atoms with Crippen molar-refractivity contribution in [1.82, 2.24) is 9.80 Å². The summed E-state index contributed by atoms with van der Waals surface area (Å²) in [6.45, 7) is 1.54. The predicted molar refractivity (Wildman–Crippen MR) is 100 cm³/mol. The molecular weight excluding hydrogens is 340 g/mol. The first kappa shape index (κ1) is 16.7. The van der Waals surface area contributed by atoms with Gasteiger partial charge in [-0.25, -0.2) is 0 Å². The zero-order valence-corrected chi connectivity index (χ0v) is 15.5. The molecule has 4 atom stereocenters. The highest BCUT2D eigenvalue weighted by Crippen LogP contribution is 2.53. The highest BCUT2D eigenvalue weighted by atomic mass is 16.2. The highest BCUT2D eigenvalue weighted by Gasteiger charge is 2.64. The lowest BCUT2D eigenvalue weighted by Gasteiger charge is -2.36. The van der Waals surface area contributed by atoms with Gasteiger partial charge in [-0.3, -0.25) is 19.3 Å². The third kappa shape index (κ3) is 2.27. The fraction of sp³-hybridized carbons (Fsp3) is 0.500. The predicted octanol–water partition coefficient (Wildman–Crippen LogP) is 2.92. The maximum atomic E-state index is 13.5. The zero-order chi connectivity index (χ0) is 18.7. The summed E-state index contributed by atoms with van der Waals surface area (Å²) in [6.07, 6.45) is 8.98. The molecule has 1 aliphatic carbocycles. The van der Waals surface area contributed by atoms with Crippen LogP contribution in [0.2, 0.25) is 0 Å². The zero-order valence-electron chi connectivity index (χ0n) is 15.5. The van der Waals surface area contributed by atoms with Gasteiger partial charge >= 0.3 is 0 Å². The molecule has 1 saturated carbocycles. The summed E-state index contributed by atoms with van der Waals surface area (Å²) >= 11 is 0. The number of fused-ring (bicyclic) bond motifs is 5. The van der Waals surface area contributed by atoms with Crippen LogP contribution >= 0.6 is 0 Å². The number of hydrogen-bond donors (Lipinski definition) is 0. The van der Waals surface area contributed by atoms with E-state index in [0.29, 0.717) is 0 Å². The minimum absolute atomic E-state index is 0.0137. The number of imide groups is 1. The van der Waals surface area contributed by atoms with Gasteiger partial charge in [-0.2, -0.15) is 0 Å². The van der Waals surface area contributed by atoms with Crippen molar-refractivity contribution in [2.24, 2.45) is 11.8 Å². The number of ketones is 1. The van der Waals surface area contributed by atoms with Gasteiger partial charge in [0.15, 0.2) is 5.78 Å². The van der Waals surface area contributed by atoms with Crippen molar-refractivity contribution in [2.45, 2.75) is 57.2 Å². The first-order valence-electron chi connectivity index (χ1n) is 10.0. The molecule has 4 aliphatic rings. The monoisotopic (exact) mass is 364 g/mol. The van der Waals surface area contributed by atoms with Crippen molar-refractivity contribution in [2.75, 3.05) is 0 Å². The minimum atomic E-state index is -0.558. The average molecular weight is 364 g/mol. The molecule has 3 fully saturated rings. The summed E-state index contributed by atoms with van der Waals surface area (Å²) in [5.74, 6) is -1.25. The van der Waals surface area contributed by atoms with E-state index in [4.69, 9.17) is 0 Å². The normalized spacial score (nSPS) is 32.5. The summed E-state index contributed by atoms with van der Waals surface area (Å²) in [6, 6.07) is 7.23. The number of rotatable bonds is 2. The molecule has 1 aromatic carbocycles. The van der Waals surface area contributed by atoms with Gasteiger partial charge in [0.05, 0.1) is 23.9 Å². The van der Waals surface area contributed by atoms with Crippen LogP contribution in [0.25, 0.3) is 6.08 Å². The minimum Gasteiger partial charge on any atom is -0.359 e. The third-order valence-electron chi connectivity index (χ3n) is 6.85. The molecule has 140 valence electrons. The smallest absolute Gasteiger partial charge is 0.236 e. The summed E-state index contributed by atoms with van der Waals surface area (Å²) < 4.78 is 0. The molecule has 3 heterocycles. The van der Waals surface area contributed by atoms with E-state index in [2.05, 4.69) is 0 Å². The molecule has 1 aromatic rings. The highest BCUT2D eigenvalue weighted by molar-refractivity contribution is 6.09. The quantitative estimate of drug-likeness (QED) is 0.757. The maximum absolute atomic E-state index is 13.5. The largest absolute Gasteiger partial charge is 0.359 e. The van der Waals surface area contributed by atoms with Crippen LogP contribution in [-0.4, -0.2) is 39.5 Å². The van der Waals surface area contributed by atoms with Gasteiger partial charge < -0.3 is 4.90 Å². The van der Waals surface area contributed by atoms with Crippen molar-refractivity contribution < 1.29 is 14.4 Å². The Labute approximate surface area is 159 Å². The van der Waals surface area contributed by atoms with E-state index in [9.17, 15) is 14.4 Å². The molecule has 2 saturated heterocycles. The average Bonchev–Trinajstić information content (AvgIpc) is 3.16. The van der Waals surface area contributed by atoms with E-state index < -0.39 is 17.9 Å². The molecule has 0 aromatic heterocycles. The first-order valence-corrected chi connectivity index (χ1v) is 10.0. The van der Waals surface area contributed by atoms with Gasteiger partial charge in [0.25, 0.3) is 0 Å². The number of carbonyl (C=O) groups is 3. The Morgan fingerprint density at radius 2 is 1.70 bits per heavy atom. The Hall–Kier alpha value is -2.43. The third-order valence-corrected chi connectivity index (χ3v) is 6.85. The Kier molecular flexibility index (Phi) is 3.74. The van der Waals surface area contributed by atoms with Crippen LogP contribution in [-0.2, 0) is 14.4 Å². The van der Waals surface area contributed by atoms with Crippen LogP contribution in [0.3, 0.4) is 0 Å². The SMILES string of the molecule is CC(=O)[C@@H]1[C@@H]2C(=O)N(C3CCCCC3)C(=O)[C@H]2[C@H]2c3ccccc3C=CN12. The van der Waals surface area contributed by atoms with Crippen molar-refractivity contribution in [3.05, 3.63) is 41.6 Å². The maximum Gasteiger partial charge on any atom is 0.236 e. The Balaban J connectivity index is 1.60. The molecule has 5 nitrogen and oxygen atoms in total. The number of carbonyl (C=O) groups excluding carboxylic acids is 3. The fourth-order valence-electron chi connectivity index (χ4n) is 5.74. The van der Waals surface area contributed by atoms with Gasteiger partial charge in [0.2, 0.25) is 11.8 Å². The number of amides is 2. The molecular formula is C22H24N2O3. The van der Waals surface area contributed by atoms with E-state index in [-0.39, 0.29) is 29.7 Å². The topological polar surface area (TPSA) is 57.7 Å². The number of nitrogens with zero attached hydrogens (tertiary/aromatic N) is 2. The van der Waals surface area contributed by atoms with Crippen LogP contribution < -0.4 is 0 Å². The molecule has 0 unspecified atom stereocenters.